The number of benzene rings is 2. The Morgan fingerprint density at radius 1 is 1.14 bits per heavy atom. The number of amides is 1. The number of hydrogen-bond donors (Lipinski definition) is 3. The fraction of sp³-hybridized carbons (Fsp3) is 0.0667. The number of phenols is 1. The summed E-state index contributed by atoms with van der Waals surface area (Å²) in [5.74, 6) is -0.157. The van der Waals surface area contributed by atoms with Gasteiger partial charge in [-0.3, -0.25) is 4.79 Å². The monoisotopic (exact) mass is 300 g/mol. The number of carbonyl (C=O) groups is 1. The minimum absolute atomic E-state index is 0.0921. The number of rotatable bonds is 5. The lowest BCUT2D eigenvalue weighted by molar-refractivity contribution is -0.729. The number of hydrogen-bond acceptors (Lipinski definition) is 4. The van der Waals surface area contributed by atoms with E-state index in [0.717, 1.165) is 5.56 Å². The molecular weight excluding hydrogens is 286 g/mol. The van der Waals surface area contributed by atoms with Gasteiger partial charge in [-0.25, -0.2) is 10.6 Å². The van der Waals surface area contributed by atoms with Crippen molar-refractivity contribution in [1.82, 2.24) is 5.43 Å². The number of phenolic OH excluding ortho intramolecular Hbond substituents is 1. The van der Waals surface area contributed by atoms with E-state index in [1.807, 2.05) is 0 Å². The standard InChI is InChI=1S/C15H13N3O4/c19-14-7-3-12(4-8-14)10-16-17-15(20)9-11-1-5-13(6-2-11)18(21)22/h1-8,10H,9H2,(H2-,16,17,19,20,21,22)/p+1. The van der Waals surface area contributed by atoms with Crippen LogP contribution in [0, 0.1) is 4.91 Å². The number of hydrazone groups is 1. The van der Waals surface area contributed by atoms with E-state index in [9.17, 15) is 9.70 Å². The molecule has 1 amide bonds. The van der Waals surface area contributed by atoms with Crippen molar-refractivity contribution in [2.75, 3.05) is 0 Å². The molecule has 0 unspecified atom stereocenters. The lowest BCUT2D eigenvalue weighted by Gasteiger charge is -2.00. The molecule has 0 saturated heterocycles. The molecule has 22 heavy (non-hydrogen) atoms. The van der Waals surface area contributed by atoms with Crippen LogP contribution < -0.4 is 5.43 Å². The van der Waals surface area contributed by atoms with E-state index in [4.69, 9.17) is 10.3 Å². The number of nitrogens with zero attached hydrogens (tertiary/aromatic N) is 2. The van der Waals surface area contributed by atoms with Crippen molar-refractivity contribution >= 4 is 17.8 Å². The largest absolute Gasteiger partial charge is 0.508 e. The van der Waals surface area contributed by atoms with E-state index < -0.39 is 0 Å². The number of nitrogens with one attached hydrogen (secondary N) is 1. The van der Waals surface area contributed by atoms with E-state index in [-0.39, 0.29) is 28.7 Å². The molecule has 0 aliphatic rings. The van der Waals surface area contributed by atoms with E-state index in [1.54, 1.807) is 24.3 Å². The smallest absolute Gasteiger partial charge is 0.316 e. The summed E-state index contributed by atoms with van der Waals surface area (Å²) in [6, 6.07) is 12.3. The molecule has 0 aromatic heterocycles. The van der Waals surface area contributed by atoms with Crippen LogP contribution in [0.3, 0.4) is 0 Å². The molecule has 0 aliphatic carbocycles. The second-order valence-electron chi connectivity index (χ2n) is 4.50. The molecule has 7 nitrogen and oxygen atoms in total. The van der Waals surface area contributed by atoms with Crippen molar-refractivity contribution in [1.29, 1.82) is 0 Å². The van der Waals surface area contributed by atoms with Gasteiger partial charge >= 0.3 is 5.69 Å². The van der Waals surface area contributed by atoms with Crippen molar-refractivity contribution < 1.29 is 20.0 Å². The molecular formula is C15H14N3O4+. The van der Waals surface area contributed by atoms with Crippen molar-refractivity contribution in [3.8, 4) is 5.75 Å². The Balaban J connectivity index is 1.87. The minimum atomic E-state index is -0.314. The lowest BCUT2D eigenvalue weighted by atomic mass is 10.1. The summed E-state index contributed by atoms with van der Waals surface area (Å²) in [6.45, 7) is 0. The summed E-state index contributed by atoms with van der Waals surface area (Å²) in [5, 5.41) is 21.6. The van der Waals surface area contributed by atoms with E-state index in [1.165, 1.54) is 30.5 Å². The molecule has 0 bridgehead atoms. The van der Waals surface area contributed by atoms with Gasteiger partial charge in [-0.2, -0.15) is 5.10 Å². The molecule has 0 radical (unpaired) electrons. The van der Waals surface area contributed by atoms with Gasteiger partial charge in [0, 0.05) is 12.1 Å². The van der Waals surface area contributed by atoms with Crippen LogP contribution in [0.5, 0.6) is 5.75 Å². The predicted octanol–water partition coefficient (Wildman–Crippen LogP) is 1.88. The Labute approximate surface area is 126 Å². The van der Waals surface area contributed by atoms with Gasteiger partial charge in [0.15, 0.2) is 0 Å². The normalized spacial score (nSPS) is 10.5. The maximum atomic E-state index is 11.7. The van der Waals surface area contributed by atoms with Crippen LogP contribution in [-0.4, -0.2) is 27.4 Å². The van der Waals surface area contributed by atoms with Gasteiger partial charge in [-0.05, 0) is 35.4 Å². The molecule has 2 rings (SSSR count). The van der Waals surface area contributed by atoms with Gasteiger partial charge in [-0.1, -0.05) is 12.1 Å². The fourth-order valence-electron chi connectivity index (χ4n) is 1.71. The zero-order valence-electron chi connectivity index (χ0n) is 11.5. The Morgan fingerprint density at radius 2 is 1.77 bits per heavy atom. The van der Waals surface area contributed by atoms with Crippen LogP contribution in [0.25, 0.3) is 0 Å². The van der Waals surface area contributed by atoms with Crippen molar-refractivity contribution in [3.63, 3.8) is 0 Å². The molecule has 7 heteroatoms. The van der Waals surface area contributed by atoms with Crippen molar-refractivity contribution in [2.45, 2.75) is 6.42 Å². The first-order valence-electron chi connectivity index (χ1n) is 6.40. The summed E-state index contributed by atoms with van der Waals surface area (Å²) in [4.78, 5) is 22.1. The molecule has 3 N–H and O–H groups in total. The Morgan fingerprint density at radius 3 is 2.36 bits per heavy atom. The van der Waals surface area contributed by atoms with E-state index in [0.29, 0.717) is 5.56 Å². The summed E-state index contributed by atoms with van der Waals surface area (Å²) in [7, 11) is 0. The highest BCUT2D eigenvalue weighted by Crippen LogP contribution is 2.11. The minimum Gasteiger partial charge on any atom is -0.508 e. The molecule has 0 heterocycles. The predicted molar refractivity (Wildman–Crippen MR) is 79.1 cm³/mol. The molecule has 0 spiro atoms. The third-order valence-electron chi connectivity index (χ3n) is 2.82. The van der Waals surface area contributed by atoms with Crippen LogP contribution in [0.15, 0.2) is 53.6 Å². The van der Waals surface area contributed by atoms with Crippen molar-refractivity contribution in [2.24, 2.45) is 5.10 Å². The Bertz CT molecular complexity index is 694. The summed E-state index contributed by atoms with van der Waals surface area (Å²) < 4.78 is 0. The molecule has 0 saturated carbocycles. The maximum Gasteiger partial charge on any atom is 0.316 e. The average Bonchev–Trinajstić information content (AvgIpc) is 2.50. The number of aromatic hydroxyl groups is 1. The summed E-state index contributed by atoms with van der Waals surface area (Å²) in [6.07, 6.45) is 1.55. The first-order valence-corrected chi connectivity index (χ1v) is 6.40. The molecule has 0 fully saturated rings. The van der Waals surface area contributed by atoms with Crippen LogP contribution in [-0.2, 0) is 11.2 Å². The van der Waals surface area contributed by atoms with Crippen LogP contribution in [0.4, 0.5) is 5.69 Å². The highest BCUT2D eigenvalue weighted by atomic mass is 16.6. The van der Waals surface area contributed by atoms with Gasteiger partial charge in [-0.15, -0.1) is 0 Å². The van der Waals surface area contributed by atoms with E-state index >= 15 is 0 Å². The van der Waals surface area contributed by atoms with Crippen molar-refractivity contribution in [3.05, 3.63) is 64.6 Å². The van der Waals surface area contributed by atoms with Crippen LogP contribution in [0.2, 0.25) is 0 Å². The van der Waals surface area contributed by atoms with Gasteiger partial charge in [0.25, 0.3) is 4.92 Å². The zero-order valence-corrected chi connectivity index (χ0v) is 11.5. The first-order chi connectivity index (χ1) is 10.5. The molecule has 0 atom stereocenters. The van der Waals surface area contributed by atoms with E-state index in [2.05, 4.69) is 10.5 Å². The first kappa shape index (κ1) is 15.2. The molecule has 0 aliphatic heterocycles. The quantitative estimate of drug-likeness (QED) is 0.579. The average molecular weight is 300 g/mol. The topological polar surface area (TPSA) is 102 Å². The third-order valence-corrected chi connectivity index (χ3v) is 2.82. The zero-order chi connectivity index (χ0) is 15.9. The third kappa shape index (κ3) is 4.41. The van der Waals surface area contributed by atoms with Gasteiger partial charge in [0.2, 0.25) is 5.91 Å². The number of carbonyl (C=O) groups excluding carboxylic acids is 1. The molecule has 112 valence electrons. The molecule has 2 aromatic rings. The highest BCUT2D eigenvalue weighted by molar-refractivity contribution is 5.83. The maximum absolute atomic E-state index is 11.7. The van der Waals surface area contributed by atoms with Crippen LogP contribution in [0.1, 0.15) is 11.1 Å². The second-order valence-corrected chi connectivity index (χ2v) is 4.50. The highest BCUT2D eigenvalue weighted by Gasteiger charge is 2.10. The molecule has 2 aromatic carbocycles. The second kappa shape index (κ2) is 6.98. The Kier molecular flexibility index (Phi) is 4.81. The van der Waals surface area contributed by atoms with Gasteiger partial charge in [0.1, 0.15) is 5.75 Å². The van der Waals surface area contributed by atoms with Gasteiger partial charge in [0.05, 0.1) is 17.5 Å². The fourth-order valence-corrected chi connectivity index (χ4v) is 1.71. The van der Waals surface area contributed by atoms with Gasteiger partial charge < -0.3 is 5.11 Å². The summed E-state index contributed by atoms with van der Waals surface area (Å²) in [5.41, 5.74) is 3.89. The summed E-state index contributed by atoms with van der Waals surface area (Å²) >= 11 is 0. The SMILES string of the molecule is O=C(Cc1ccc([N+](=O)O)cc1)N/N=C/c1ccc(O)cc1. The van der Waals surface area contributed by atoms with Crippen LogP contribution >= 0.6 is 0 Å². The Hall–Kier alpha value is -3.22. The lowest BCUT2D eigenvalue weighted by Crippen LogP contribution is -2.19.